The van der Waals surface area contributed by atoms with Gasteiger partial charge in [0.05, 0.1) is 7.11 Å². The Labute approximate surface area is 116 Å². The lowest BCUT2D eigenvalue weighted by Crippen LogP contribution is -2.32. The van der Waals surface area contributed by atoms with Crippen molar-refractivity contribution >= 4 is 17.8 Å². The molecule has 20 heavy (non-hydrogen) atoms. The Balaban J connectivity index is 2.65. The number of methoxy groups -OCH3 is 1. The first-order chi connectivity index (χ1) is 9.43. The number of esters is 1. The maximum atomic E-state index is 12.0. The monoisotopic (exact) mass is 280 g/mol. The average Bonchev–Trinajstić information content (AvgIpc) is 2.44. The quantitative estimate of drug-likeness (QED) is 0.727. The summed E-state index contributed by atoms with van der Waals surface area (Å²) in [7, 11) is 2.75. The van der Waals surface area contributed by atoms with E-state index in [2.05, 4.69) is 4.74 Å². The molecule has 108 valence electrons. The summed E-state index contributed by atoms with van der Waals surface area (Å²) in [4.78, 5) is 34.9. The Morgan fingerprint density at radius 2 is 1.80 bits per heavy atom. The molecule has 0 heterocycles. The normalized spacial score (nSPS) is 9.70. The molecule has 1 rings (SSSR count). The van der Waals surface area contributed by atoms with Crippen molar-refractivity contribution in [2.75, 3.05) is 27.3 Å². The van der Waals surface area contributed by atoms with Crippen LogP contribution in [0.2, 0.25) is 0 Å². The maximum Gasteiger partial charge on any atom is 0.325 e. The van der Waals surface area contributed by atoms with E-state index in [0.29, 0.717) is 11.3 Å². The predicted octanol–water partition coefficient (Wildman–Crippen LogP) is -0.204. The van der Waals surface area contributed by atoms with E-state index in [1.165, 1.54) is 31.2 Å². The van der Waals surface area contributed by atoms with Crippen LogP contribution in [-0.4, -0.2) is 50.0 Å². The van der Waals surface area contributed by atoms with Crippen LogP contribution in [0.1, 0.15) is 10.4 Å². The number of likely N-dealkylation sites (N-methyl/N-ethyl adjacent to an activating group) is 1. The SMILES string of the molecule is COC(=O)CN(C)C(=O)c1ccc(OCC(N)=O)cc1. The lowest BCUT2D eigenvalue weighted by Gasteiger charge is -2.15. The predicted molar refractivity (Wildman–Crippen MR) is 70.1 cm³/mol. The second-order valence-corrected chi connectivity index (χ2v) is 4.02. The molecular formula is C13H16N2O5. The van der Waals surface area contributed by atoms with Crippen LogP contribution in [0.25, 0.3) is 0 Å². The third-order valence-corrected chi connectivity index (χ3v) is 2.42. The Kier molecular flexibility index (Phi) is 5.52. The van der Waals surface area contributed by atoms with Crippen LogP contribution in [0.3, 0.4) is 0 Å². The molecule has 1 aromatic rings. The minimum absolute atomic E-state index is 0.130. The first-order valence-corrected chi connectivity index (χ1v) is 5.77. The zero-order valence-corrected chi connectivity index (χ0v) is 11.3. The molecule has 7 heteroatoms. The highest BCUT2D eigenvalue weighted by molar-refractivity contribution is 5.95. The van der Waals surface area contributed by atoms with Crippen LogP contribution < -0.4 is 10.5 Å². The van der Waals surface area contributed by atoms with Gasteiger partial charge in [-0.1, -0.05) is 0 Å². The van der Waals surface area contributed by atoms with Crippen LogP contribution in [0.4, 0.5) is 0 Å². The van der Waals surface area contributed by atoms with Crippen LogP contribution in [0.5, 0.6) is 5.75 Å². The number of nitrogens with two attached hydrogens (primary N) is 1. The minimum atomic E-state index is -0.581. The van der Waals surface area contributed by atoms with E-state index in [1.807, 2.05) is 0 Å². The fourth-order valence-corrected chi connectivity index (χ4v) is 1.40. The summed E-state index contributed by atoms with van der Waals surface area (Å²) in [5.74, 6) is -0.974. The summed E-state index contributed by atoms with van der Waals surface area (Å²) < 4.78 is 9.55. The third-order valence-electron chi connectivity index (χ3n) is 2.42. The van der Waals surface area contributed by atoms with E-state index in [9.17, 15) is 14.4 Å². The molecule has 0 aliphatic rings. The van der Waals surface area contributed by atoms with Gasteiger partial charge < -0.3 is 20.1 Å². The summed E-state index contributed by atoms with van der Waals surface area (Å²) in [5.41, 5.74) is 5.34. The molecule has 0 spiro atoms. The van der Waals surface area contributed by atoms with Gasteiger partial charge in [-0.05, 0) is 24.3 Å². The van der Waals surface area contributed by atoms with Crippen molar-refractivity contribution < 1.29 is 23.9 Å². The summed E-state index contributed by atoms with van der Waals surface area (Å²) in [5, 5.41) is 0. The van der Waals surface area contributed by atoms with Crippen LogP contribution >= 0.6 is 0 Å². The molecule has 0 aromatic heterocycles. The Morgan fingerprint density at radius 3 is 2.30 bits per heavy atom. The first kappa shape index (κ1) is 15.5. The molecule has 0 unspecified atom stereocenters. The molecule has 0 radical (unpaired) electrons. The standard InChI is InChI=1S/C13H16N2O5/c1-15(7-12(17)19-2)13(18)9-3-5-10(6-4-9)20-8-11(14)16/h3-6H,7-8H2,1-2H3,(H2,14,16). The number of primary amides is 1. The molecule has 0 atom stereocenters. The number of carbonyl (C=O) groups excluding carboxylic acids is 3. The van der Waals surface area contributed by atoms with Gasteiger partial charge in [-0.3, -0.25) is 14.4 Å². The zero-order chi connectivity index (χ0) is 15.1. The highest BCUT2D eigenvalue weighted by atomic mass is 16.5. The molecule has 0 bridgehead atoms. The van der Waals surface area contributed by atoms with Gasteiger partial charge in [0.2, 0.25) is 0 Å². The third kappa shape index (κ3) is 4.60. The van der Waals surface area contributed by atoms with Gasteiger partial charge in [0.15, 0.2) is 6.61 Å². The Hall–Kier alpha value is -2.57. The fourth-order valence-electron chi connectivity index (χ4n) is 1.40. The summed E-state index contributed by atoms with van der Waals surface area (Å²) in [6, 6.07) is 6.16. The van der Waals surface area contributed by atoms with Crippen molar-refractivity contribution in [3.05, 3.63) is 29.8 Å². The first-order valence-electron chi connectivity index (χ1n) is 5.77. The van der Waals surface area contributed by atoms with Crippen molar-refractivity contribution in [3.8, 4) is 5.75 Å². The zero-order valence-electron chi connectivity index (χ0n) is 11.3. The van der Waals surface area contributed by atoms with E-state index in [1.54, 1.807) is 12.1 Å². The van der Waals surface area contributed by atoms with Gasteiger partial charge >= 0.3 is 5.97 Å². The minimum Gasteiger partial charge on any atom is -0.484 e. The van der Waals surface area contributed by atoms with Gasteiger partial charge in [0.1, 0.15) is 12.3 Å². The van der Waals surface area contributed by atoms with Crippen molar-refractivity contribution in [3.63, 3.8) is 0 Å². The number of hydrogen-bond donors (Lipinski definition) is 1. The van der Waals surface area contributed by atoms with Crippen LogP contribution in [-0.2, 0) is 14.3 Å². The molecule has 0 saturated heterocycles. The van der Waals surface area contributed by atoms with E-state index >= 15 is 0 Å². The van der Waals surface area contributed by atoms with Gasteiger partial charge in [-0.15, -0.1) is 0 Å². The number of amides is 2. The fraction of sp³-hybridized carbons (Fsp3) is 0.308. The largest absolute Gasteiger partial charge is 0.484 e. The number of carbonyl (C=O) groups is 3. The second kappa shape index (κ2) is 7.13. The Morgan fingerprint density at radius 1 is 1.20 bits per heavy atom. The van der Waals surface area contributed by atoms with Gasteiger partial charge in [-0.2, -0.15) is 0 Å². The summed E-state index contributed by atoms with van der Waals surface area (Å²) in [6.45, 7) is -0.356. The van der Waals surface area contributed by atoms with Crippen LogP contribution in [0, 0.1) is 0 Å². The maximum absolute atomic E-state index is 12.0. The molecule has 0 saturated carbocycles. The smallest absolute Gasteiger partial charge is 0.325 e. The molecule has 0 aliphatic carbocycles. The summed E-state index contributed by atoms with van der Waals surface area (Å²) in [6.07, 6.45) is 0. The lowest BCUT2D eigenvalue weighted by atomic mass is 10.2. The number of ether oxygens (including phenoxy) is 2. The molecule has 7 nitrogen and oxygen atoms in total. The van der Waals surface area contributed by atoms with E-state index in [0.717, 1.165) is 0 Å². The molecular weight excluding hydrogens is 264 g/mol. The van der Waals surface area contributed by atoms with Crippen LogP contribution in [0.15, 0.2) is 24.3 Å². The van der Waals surface area contributed by atoms with E-state index < -0.39 is 11.9 Å². The molecule has 1 aromatic carbocycles. The van der Waals surface area contributed by atoms with E-state index in [4.69, 9.17) is 10.5 Å². The highest BCUT2D eigenvalue weighted by Crippen LogP contribution is 2.13. The number of benzene rings is 1. The Bertz CT molecular complexity index is 498. The number of nitrogens with zero attached hydrogens (tertiary/aromatic N) is 1. The topological polar surface area (TPSA) is 98.9 Å². The van der Waals surface area contributed by atoms with Gasteiger partial charge in [0, 0.05) is 12.6 Å². The van der Waals surface area contributed by atoms with Crippen molar-refractivity contribution in [2.45, 2.75) is 0 Å². The molecule has 2 amide bonds. The highest BCUT2D eigenvalue weighted by Gasteiger charge is 2.15. The molecule has 0 aliphatic heterocycles. The van der Waals surface area contributed by atoms with E-state index in [-0.39, 0.29) is 19.1 Å². The lowest BCUT2D eigenvalue weighted by molar-refractivity contribution is -0.141. The van der Waals surface area contributed by atoms with Crippen molar-refractivity contribution in [1.82, 2.24) is 4.90 Å². The van der Waals surface area contributed by atoms with Gasteiger partial charge in [0.25, 0.3) is 11.8 Å². The summed E-state index contributed by atoms with van der Waals surface area (Å²) >= 11 is 0. The molecule has 2 N–H and O–H groups in total. The van der Waals surface area contributed by atoms with Gasteiger partial charge in [-0.25, -0.2) is 0 Å². The number of rotatable bonds is 6. The second-order valence-electron chi connectivity index (χ2n) is 4.02. The average molecular weight is 280 g/mol. The van der Waals surface area contributed by atoms with Crippen molar-refractivity contribution in [1.29, 1.82) is 0 Å². The van der Waals surface area contributed by atoms with Crippen molar-refractivity contribution in [2.24, 2.45) is 5.73 Å². The number of hydrogen-bond acceptors (Lipinski definition) is 5. The molecule has 0 fully saturated rings.